The van der Waals surface area contributed by atoms with E-state index in [0.29, 0.717) is 24.7 Å². The lowest BCUT2D eigenvalue weighted by Gasteiger charge is -2.33. The van der Waals surface area contributed by atoms with E-state index < -0.39 is 18.3 Å². The maximum Gasteiger partial charge on any atom is 0.248 e. The summed E-state index contributed by atoms with van der Waals surface area (Å²) in [5.74, 6) is -0.979. The predicted molar refractivity (Wildman–Crippen MR) is 100 cm³/mol. The molecule has 0 aromatic heterocycles. The van der Waals surface area contributed by atoms with Crippen LogP contribution in [0.4, 0.5) is 17.6 Å². The second-order valence-corrected chi connectivity index (χ2v) is 9.23. The van der Waals surface area contributed by atoms with Gasteiger partial charge in [-0.15, -0.1) is 0 Å². The number of hydrogen-bond acceptors (Lipinski definition) is 0. The Morgan fingerprint density at radius 2 is 1.62 bits per heavy atom. The van der Waals surface area contributed by atoms with Crippen molar-refractivity contribution in [2.75, 3.05) is 0 Å². The van der Waals surface area contributed by atoms with E-state index in [0.717, 1.165) is 25.2 Å². The molecule has 0 saturated heterocycles. The van der Waals surface area contributed by atoms with Gasteiger partial charge in [0, 0.05) is 12.8 Å². The van der Waals surface area contributed by atoms with Gasteiger partial charge in [-0.2, -0.15) is 0 Å². The van der Waals surface area contributed by atoms with Crippen LogP contribution in [0, 0.1) is 23.7 Å². The fourth-order valence-electron chi connectivity index (χ4n) is 5.24. The molecular weight excluding hydrogens is 340 g/mol. The van der Waals surface area contributed by atoms with E-state index in [1.165, 1.54) is 25.7 Å². The maximum atomic E-state index is 14.3. The van der Waals surface area contributed by atoms with Crippen LogP contribution in [0.15, 0.2) is 0 Å². The zero-order chi connectivity index (χ0) is 19.2. The Morgan fingerprint density at radius 1 is 0.923 bits per heavy atom. The molecule has 2 saturated carbocycles. The van der Waals surface area contributed by atoms with Crippen molar-refractivity contribution in [3.63, 3.8) is 0 Å². The molecule has 2 fully saturated rings. The maximum absolute atomic E-state index is 14.3. The Labute approximate surface area is 157 Å². The van der Waals surface area contributed by atoms with Crippen molar-refractivity contribution in [1.82, 2.24) is 0 Å². The van der Waals surface area contributed by atoms with E-state index in [2.05, 4.69) is 13.8 Å². The standard InChI is InChI=1S/C22H38F4/c1-3-5-18(19-10-7-16(2)8-11-19)6-4-13-22(25,26)15-17-9-12-20(23)21(24)14-17/h16-21H,3-15H2,1-2H3. The Bertz CT molecular complexity index is 390. The van der Waals surface area contributed by atoms with Gasteiger partial charge in [-0.3, -0.25) is 0 Å². The molecule has 4 heteroatoms. The van der Waals surface area contributed by atoms with Crippen LogP contribution in [0.3, 0.4) is 0 Å². The summed E-state index contributed by atoms with van der Waals surface area (Å²) >= 11 is 0. The van der Waals surface area contributed by atoms with Crippen molar-refractivity contribution in [3.8, 4) is 0 Å². The van der Waals surface area contributed by atoms with Crippen LogP contribution in [0.2, 0.25) is 0 Å². The van der Waals surface area contributed by atoms with Gasteiger partial charge in [0.05, 0.1) is 0 Å². The van der Waals surface area contributed by atoms with Gasteiger partial charge in [0.15, 0.2) is 0 Å². The SMILES string of the molecule is CCCC(CCCC(F)(F)CC1CCC(F)C(F)C1)C1CCC(C)CC1. The second kappa shape index (κ2) is 10.3. The largest absolute Gasteiger partial charge is 0.248 e. The van der Waals surface area contributed by atoms with Crippen molar-refractivity contribution in [2.45, 2.75) is 116 Å². The van der Waals surface area contributed by atoms with Crippen molar-refractivity contribution in [3.05, 3.63) is 0 Å². The van der Waals surface area contributed by atoms with Gasteiger partial charge in [0.2, 0.25) is 5.92 Å². The molecule has 4 unspecified atom stereocenters. The third-order valence-electron chi connectivity index (χ3n) is 6.89. The first kappa shape index (κ1) is 22.0. The molecule has 2 aliphatic carbocycles. The van der Waals surface area contributed by atoms with Crippen LogP contribution in [-0.2, 0) is 0 Å². The smallest absolute Gasteiger partial charge is 0.244 e. The highest BCUT2D eigenvalue weighted by Crippen LogP contribution is 2.40. The molecule has 0 spiro atoms. The average molecular weight is 379 g/mol. The highest BCUT2D eigenvalue weighted by Gasteiger charge is 2.38. The topological polar surface area (TPSA) is 0 Å². The van der Waals surface area contributed by atoms with E-state index in [1.54, 1.807) is 0 Å². The number of rotatable bonds is 9. The third-order valence-corrected chi connectivity index (χ3v) is 6.89. The second-order valence-electron chi connectivity index (χ2n) is 9.23. The summed E-state index contributed by atoms with van der Waals surface area (Å²) in [7, 11) is 0. The Kier molecular flexibility index (Phi) is 8.73. The Balaban J connectivity index is 1.74. The minimum Gasteiger partial charge on any atom is -0.244 e. The summed E-state index contributed by atoms with van der Waals surface area (Å²) in [6, 6.07) is 0. The normalized spacial score (nSPS) is 34.6. The van der Waals surface area contributed by atoms with Gasteiger partial charge in [-0.1, -0.05) is 39.5 Å². The van der Waals surface area contributed by atoms with E-state index in [-0.39, 0.29) is 31.6 Å². The molecular formula is C22H38F4. The lowest BCUT2D eigenvalue weighted by molar-refractivity contribution is -0.0474. The quantitative estimate of drug-likeness (QED) is 0.358. The molecule has 0 amide bonds. The Morgan fingerprint density at radius 3 is 2.23 bits per heavy atom. The van der Waals surface area contributed by atoms with Crippen LogP contribution in [0.1, 0.15) is 97.3 Å². The van der Waals surface area contributed by atoms with Crippen molar-refractivity contribution >= 4 is 0 Å². The first-order valence-electron chi connectivity index (χ1n) is 11.0. The zero-order valence-corrected chi connectivity index (χ0v) is 16.7. The molecule has 0 bridgehead atoms. The highest BCUT2D eigenvalue weighted by atomic mass is 19.3. The van der Waals surface area contributed by atoms with E-state index in [4.69, 9.17) is 0 Å². The molecule has 0 aliphatic heterocycles. The molecule has 0 nitrogen and oxygen atoms in total. The summed E-state index contributed by atoms with van der Waals surface area (Å²) in [5, 5.41) is 0. The lowest BCUT2D eigenvalue weighted by atomic mass is 9.73. The number of halogens is 4. The molecule has 0 N–H and O–H groups in total. The molecule has 0 aromatic rings. The fraction of sp³-hybridized carbons (Fsp3) is 1.00. The lowest BCUT2D eigenvalue weighted by Crippen LogP contribution is -2.31. The molecule has 2 rings (SSSR count). The summed E-state index contributed by atoms with van der Waals surface area (Å²) < 4.78 is 55.3. The first-order valence-corrected chi connectivity index (χ1v) is 11.0. The van der Waals surface area contributed by atoms with Gasteiger partial charge in [0.1, 0.15) is 12.3 Å². The molecule has 26 heavy (non-hydrogen) atoms. The van der Waals surface area contributed by atoms with Crippen LogP contribution >= 0.6 is 0 Å². The number of alkyl halides is 4. The van der Waals surface area contributed by atoms with Crippen molar-refractivity contribution < 1.29 is 17.6 Å². The van der Waals surface area contributed by atoms with E-state index in [1.807, 2.05) is 0 Å². The minimum absolute atomic E-state index is 0.0323. The van der Waals surface area contributed by atoms with Crippen LogP contribution < -0.4 is 0 Å². The summed E-state index contributed by atoms with van der Waals surface area (Å²) in [4.78, 5) is 0. The predicted octanol–water partition coefficient (Wildman–Crippen LogP) is 7.90. The van der Waals surface area contributed by atoms with Gasteiger partial charge >= 0.3 is 0 Å². The van der Waals surface area contributed by atoms with Gasteiger partial charge in [-0.05, 0) is 68.6 Å². The Hall–Kier alpha value is -0.280. The molecule has 0 radical (unpaired) electrons. The fourth-order valence-corrected chi connectivity index (χ4v) is 5.24. The molecule has 154 valence electrons. The first-order chi connectivity index (χ1) is 12.3. The van der Waals surface area contributed by atoms with Crippen LogP contribution in [-0.4, -0.2) is 18.3 Å². The third kappa shape index (κ3) is 7.03. The average Bonchev–Trinajstić information content (AvgIpc) is 2.58. The molecule has 0 heterocycles. The van der Waals surface area contributed by atoms with E-state index >= 15 is 0 Å². The van der Waals surface area contributed by atoms with Gasteiger partial charge < -0.3 is 0 Å². The van der Waals surface area contributed by atoms with Crippen LogP contribution in [0.5, 0.6) is 0 Å². The monoisotopic (exact) mass is 378 g/mol. The van der Waals surface area contributed by atoms with Gasteiger partial charge in [-0.25, -0.2) is 17.6 Å². The molecule has 0 aromatic carbocycles. The number of hydrogen-bond donors (Lipinski definition) is 0. The summed E-state index contributed by atoms with van der Waals surface area (Å²) in [6.07, 6.45) is 5.90. The zero-order valence-electron chi connectivity index (χ0n) is 16.7. The molecule has 2 aliphatic rings. The molecule has 4 atom stereocenters. The summed E-state index contributed by atoms with van der Waals surface area (Å²) in [6.45, 7) is 4.49. The summed E-state index contributed by atoms with van der Waals surface area (Å²) in [5.41, 5.74) is 0. The van der Waals surface area contributed by atoms with E-state index in [9.17, 15) is 17.6 Å². The highest BCUT2D eigenvalue weighted by molar-refractivity contribution is 4.84. The van der Waals surface area contributed by atoms with Crippen molar-refractivity contribution in [2.24, 2.45) is 23.7 Å². The van der Waals surface area contributed by atoms with Crippen molar-refractivity contribution in [1.29, 1.82) is 0 Å². The minimum atomic E-state index is -2.73. The van der Waals surface area contributed by atoms with Crippen LogP contribution in [0.25, 0.3) is 0 Å². The van der Waals surface area contributed by atoms with Gasteiger partial charge in [0.25, 0.3) is 0 Å².